The van der Waals surface area contributed by atoms with Crippen molar-refractivity contribution in [1.82, 2.24) is 14.6 Å². The number of nitrogens with one attached hydrogen (secondary N) is 2. The van der Waals surface area contributed by atoms with Gasteiger partial charge < -0.3 is 9.88 Å². The number of aromatic nitrogens is 1. The lowest BCUT2D eigenvalue weighted by molar-refractivity contribution is 0.0950. The summed E-state index contributed by atoms with van der Waals surface area (Å²) in [5, 5.41) is 2.92. The highest BCUT2D eigenvalue weighted by atomic mass is 32.2. The van der Waals surface area contributed by atoms with Crippen LogP contribution in [-0.4, -0.2) is 24.9 Å². The highest BCUT2D eigenvalue weighted by molar-refractivity contribution is 7.89. The third kappa shape index (κ3) is 4.42. The molecule has 27 heavy (non-hydrogen) atoms. The lowest BCUT2D eigenvalue weighted by Crippen LogP contribution is -2.26. The average Bonchev–Trinajstić information content (AvgIpc) is 3.35. The fraction of sp³-hybridized carbons (Fsp3) is 0.450. The zero-order valence-electron chi connectivity index (χ0n) is 16.2. The van der Waals surface area contributed by atoms with Gasteiger partial charge in [-0.05, 0) is 64.3 Å². The van der Waals surface area contributed by atoms with Crippen LogP contribution in [0.4, 0.5) is 0 Å². The minimum absolute atomic E-state index is 0.0822. The number of hydrogen-bond donors (Lipinski definition) is 2. The van der Waals surface area contributed by atoms with Crippen molar-refractivity contribution >= 4 is 15.9 Å². The van der Waals surface area contributed by atoms with Crippen LogP contribution in [0.3, 0.4) is 0 Å². The summed E-state index contributed by atoms with van der Waals surface area (Å²) in [5.41, 5.74) is 3.54. The largest absolute Gasteiger partial charge is 0.348 e. The summed E-state index contributed by atoms with van der Waals surface area (Å²) >= 11 is 0. The number of aryl methyl sites for hydroxylation is 1. The molecule has 0 radical (unpaired) electrons. The van der Waals surface area contributed by atoms with E-state index in [1.807, 2.05) is 19.9 Å². The molecule has 146 valence electrons. The van der Waals surface area contributed by atoms with E-state index in [9.17, 15) is 13.2 Å². The van der Waals surface area contributed by atoms with Crippen molar-refractivity contribution in [3.63, 3.8) is 0 Å². The Bertz CT molecular complexity index is 940. The van der Waals surface area contributed by atoms with Gasteiger partial charge in [0.1, 0.15) is 0 Å². The fourth-order valence-corrected chi connectivity index (χ4v) is 4.66. The number of benzene rings is 1. The fourth-order valence-electron chi connectivity index (χ4n) is 3.35. The van der Waals surface area contributed by atoms with Crippen LogP contribution < -0.4 is 10.0 Å². The van der Waals surface area contributed by atoms with Crippen LogP contribution in [0.2, 0.25) is 0 Å². The van der Waals surface area contributed by atoms with E-state index in [1.54, 1.807) is 24.3 Å². The first kappa shape index (κ1) is 19.6. The predicted octanol–water partition coefficient (Wildman–Crippen LogP) is 3.06. The molecule has 1 aromatic heterocycles. The molecular formula is C20H27N3O3S. The van der Waals surface area contributed by atoms with Crippen LogP contribution in [0.5, 0.6) is 0 Å². The quantitative estimate of drug-likeness (QED) is 0.764. The van der Waals surface area contributed by atoms with Crippen molar-refractivity contribution in [2.75, 3.05) is 0 Å². The lowest BCUT2D eigenvalue weighted by atomic mass is 10.2. The number of carbonyl (C=O) groups is 1. The second kappa shape index (κ2) is 7.48. The molecule has 1 amide bonds. The molecule has 0 saturated heterocycles. The van der Waals surface area contributed by atoms with Gasteiger partial charge in [0.05, 0.1) is 10.5 Å². The smallest absolute Gasteiger partial charge is 0.253 e. The Kier molecular flexibility index (Phi) is 5.44. The van der Waals surface area contributed by atoms with Gasteiger partial charge in [0.15, 0.2) is 0 Å². The highest BCUT2D eigenvalue weighted by Gasteiger charge is 2.27. The van der Waals surface area contributed by atoms with E-state index in [-0.39, 0.29) is 16.8 Å². The van der Waals surface area contributed by atoms with Gasteiger partial charge in [0.25, 0.3) is 5.91 Å². The summed E-state index contributed by atoms with van der Waals surface area (Å²) in [4.78, 5) is 12.8. The number of carbonyl (C=O) groups excluding carboxylic acids is 1. The Labute approximate surface area is 161 Å². The van der Waals surface area contributed by atoms with Gasteiger partial charge in [-0.25, -0.2) is 13.1 Å². The first-order chi connectivity index (χ1) is 12.7. The number of amides is 1. The van der Waals surface area contributed by atoms with E-state index < -0.39 is 10.0 Å². The maximum atomic E-state index is 12.6. The van der Waals surface area contributed by atoms with E-state index >= 15 is 0 Å². The SMILES string of the molecule is Cc1cc(C(=O)NCc2ccc(S(=O)(=O)NC3CC3)cc2)c(C)n1C(C)C. The first-order valence-electron chi connectivity index (χ1n) is 9.27. The number of nitrogens with zero attached hydrogens (tertiary/aromatic N) is 1. The van der Waals surface area contributed by atoms with Crippen LogP contribution in [-0.2, 0) is 16.6 Å². The summed E-state index contributed by atoms with van der Waals surface area (Å²) in [7, 11) is -3.44. The normalized spacial score (nSPS) is 14.6. The molecule has 3 rings (SSSR count). The summed E-state index contributed by atoms with van der Waals surface area (Å²) < 4.78 is 29.2. The van der Waals surface area contributed by atoms with E-state index in [2.05, 4.69) is 28.5 Å². The molecule has 2 N–H and O–H groups in total. The second-order valence-corrected chi connectivity index (χ2v) is 9.18. The van der Waals surface area contributed by atoms with Gasteiger partial charge in [0.2, 0.25) is 10.0 Å². The topological polar surface area (TPSA) is 80.2 Å². The van der Waals surface area contributed by atoms with E-state index in [1.165, 1.54) is 0 Å². The van der Waals surface area contributed by atoms with Gasteiger partial charge in [-0.1, -0.05) is 12.1 Å². The van der Waals surface area contributed by atoms with E-state index in [0.29, 0.717) is 18.2 Å². The van der Waals surface area contributed by atoms with Gasteiger partial charge >= 0.3 is 0 Å². The molecule has 1 fully saturated rings. The van der Waals surface area contributed by atoms with Crippen LogP contribution in [0.25, 0.3) is 0 Å². The Morgan fingerprint density at radius 1 is 1.19 bits per heavy atom. The Morgan fingerprint density at radius 3 is 2.33 bits per heavy atom. The summed E-state index contributed by atoms with van der Waals surface area (Å²) in [6.45, 7) is 8.48. The van der Waals surface area contributed by atoms with Crippen molar-refractivity contribution < 1.29 is 13.2 Å². The van der Waals surface area contributed by atoms with Crippen molar-refractivity contribution in [1.29, 1.82) is 0 Å². The first-order valence-corrected chi connectivity index (χ1v) is 10.7. The molecule has 0 spiro atoms. The Morgan fingerprint density at radius 2 is 1.81 bits per heavy atom. The molecule has 7 heteroatoms. The van der Waals surface area contributed by atoms with E-state index in [0.717, 1.165) is 29.8 Å². The number of rotatable bonds is 7. The average molecular weight is 390 g/mol. The Balaban J connectivity index is 1.65. The van der Waals surface area contributed by atoms with Crippen molar-refractivity contribution in [3.05, 3.63) is 52.8 Å². The van der Waals surface area contributed by atoms with Crippen LogP contribution >= 0.6 is 0 Å². The molecule has 1 aliphatic carbocycles. The molecule has 1 saturated carbocycles. The zero-order chi connectivity index (χ0) is 19.8. The molecular weight excluding hydrogens is 362 g/mol. The molecule has 0 unspecified atom stereocenters. The van der Waals surface area contributed by atoms with Crippen LogP contribution in [0.15, 0.2) is 35.2 Å². The zero-order valence-corrected chi connectivity index (χ0v) is 17.1. The molecule has 2 aromatic rings. The minimum Gasteiger partial charge on any atom is -0.348 e. The molecule has 0 aliphatic heterocycles. The molecule has 1 aliphatic rings. The molecule has 0 bridgehead atoms. The van der Waals surface area contributed by atoms with Crippen molar-refractivity contribution in [2.45, 2.75) is 64.1 Å². The maximum Gasteiger partial charge on any atom is 0.253 e. The summed E-state index contributed by atoms with van der Waals surface area (Å²) in [6.07, 6.45) is 1.81. The van der Waals surface area contributed by atoms with Crippen molar-refractivity contribution in [2.24, 2.45) is 0 Å². The van der Waals surface area contributed by atoms with E-state index in [4.69, 9.17) is 0 Å². The highest BCUT2D eigenvalue weighted by Crippen LogP contribution is 2.22. The second-order valence-electron chi connectivity index (χ2n) is 7.47. The third-order valence-electron chi connectivity index (χ3n) is 4.83. The minimum atomic E-state index is -3.44. The van der Waals surface area contributed by atoms with Gasteiger partial charge in [-0.15, -0.1) is 0 Å². The van der Waals surface area contributed by atoms with Crippen molar-refractivity contribution in [3.8, 4) is 0 Å². The van der Waals surface area contributed by atoms with Gasteiger partial charge in [-0.3, -0.25) is 4.79 Å². The molecule has 1 heterocycles. The summed E-state index contributed by atoms with van der Waals surface area (Å²) in [5.74, 6) is -0.123. The molecule has 6 nitrogen and oxygen atoms in total. The number of sulfonamides is 1. The van der Waals surface area contributed by atoms with Crippen LogP contribution in [0.1, 0.15) is 60.0 Å². The monoisotopic (exact) mass is 389 g/mol. The lowest BCUT2D eigenvalue weighted by Gasteiger charge is -2.13. The third-order valence-corrected chi connectivity index (χ3v) is 6.37. The Hall–Kier alpha value is -2.12. The molecule has 0 atom stereocenters. The maximum absolute atomic E-state index is 12.6. The van der Waals surface area contributed by atoms with Crippen LogP contribution in [0, 0.1) is 13.8 Å². The summed E-state index contributed by atoms with van der Waals surface area (Å²) in [6, 6.07) is 8.92. The predicted molar refractivity (Wildman–Crippen MR) is 105 cm³/mol. The number of hydrogen-bond acceptors (Lipinski definition) is 3. The van der Waals surface area contributed by atoms with Gasteiger partial charge in [-0.2, -0.15) is 0 Å². The standard InChI is InChI=1S/C20H27N3O3S/c1-13(2)23-14(3)11-19(15(23)4)20(24)21-12-16-5-9-18(10-6-16)27(25,26)22-17-7-8-17/h5-6,9-11,13,17,22H,7-8,12H2,1-4H3,(H,21,24). The molecule has 1 aromatic carbocycles. The van der Waals surface area contributed by atoms with Gasteiger partial charge in [0, 0.05) is 30.0 Å².